The lowest BCUT2D eigenvalue weighted by molar-refractivity contribution is -0.143. The number of halogens is 2. The summed E-state index contributed by atoms with van der Waals surface area (Å²) >= 11 is 13.0. The summed E-state index contributed by atoms with van der Waals surface area (Å²) in [6.45, 7) is 7.23. The molecule has 4 nitrogen and oxygen atoms in total. The highest BCUT2D eigenvalue weighted by molar-refractivity contribution is 6.41. The molecular formula is C22H27Cl2NO3. The van der Waals surface area contributed by atoms with Crippen LogP contribution in [0.4, 0.5) is 0 Å². The summed E-state index contributed by atoms with van der Waals surface area (Å²) in [7, 11) is 0. The van der Waals surface area contributed by atoms with E-state index in [9.17, 15) is 9.59 Å². The van der Waals surface area contributed by atoms with Crippen LogP contribution >= 0.6 is 23.2 Å². The number of ketones is 1. The van der Waals surface area contributed by atoms with Crippen molar-refractivity contribution >= 4 is 45.9 Å². The third kappa shape index (κ3) is 4.23. The highest BCUT2D eigenvalue weighted by atomic mass is 35.5. The number of hydrogen-bond acceptors (Lipinski definition) is 3. The number of benzene rings is 1. The van der Waals surface area contributed by atoms with Crippen LogP contribution in [-0.2, 0) is 22.5 Å². The molecule has 0 spiro atoms. The van der Waals surface area contributed by atoms with Gasteiger partial charge in [0.2, 0.25) is 0 Å². The summed E-state index contributed by atoms with van der Waals surface area (Å²) in [5, 5.41) is 1.98. The summed E-state index contributed by atoms with van der Waals surface area (Å²) in [4.78, 5) is 24.4. The van der Waals surface area contributed by atoms with E-state index in [1.165, 1.54) is 0 Å². The molecule has 0 amide bonds. The first kappa shape index (κ1) is 21.2. The first-order valence-electron chi connectivity index (χ1n) is 9.93. The van der Waals surface area contributed by atoms with Crippen molar-refractivity contribution in [2.45, 2.75) is 65.8 Å². The lowest BCUT2D eigenvalue weighted by Gasteiger charge is -2.30. The fraction of sp³-hybridized carbons (Fsp3) is 0.545. The average Bonchev–Trinajstić information content (AvgIpc) is 2.93. The van der Waals surface area contributed by atoms with Crippen molar-refractivity contribution in [2.24, 2.45) is 5.41 Å². The van der Waals surface area contributed by atoms with E-state index in [1.54, 1.807) is 12.1 Å². The zero-order valence-corrected chi connectivity index (χ0v) is 18.3. The van der Waals surface area contributed by atoms with E-state index in [0.717, 1.165) is 54.4 Å². The summed E-state index contributed by atoms with van der Waals surface area (Å²) < 4.78 is 7.16. The van der Waals surface area contributed by atoms with Gasteiger partial charge in [-0.1, -0.05) is 43.5 Å². The van der Waals surface area contributed by atoms with Gasteiger partial charge in [-0.2, -0.15) is 0 Å². The van der Waals surface area contributed by atoms with E-state index >= 15 is 0 Å². The van der Waals surface area contributed by atoms with Crippen LogP contribution in [0, 0.1) is 5.41 Å². The fourth-order valence-corrected chi connectivity index (χ4v) is 4.68. The van der Waals surface area contributed by atoms with Crippen molar-refractivity contribution in [3.63, 3.8) is 0 Å². The number of aryl methyl sites for hydroxylation is 1. The van der Waals surface area contributed by atoms with Gasteiger partial charge in [0.1, 0.15) is 0 Å². The van der Waals surface area contributed by atoms with Crippen LogP contribution in [0.25, 0.3) is 10.9 Å². The Labute approximate surface area is 176 Å². The Bertz CT molecular complexity index is 914. The predicted octanol–water partition coefficient (Wildman–Crippen LogP) is 6.23. The molecule has 152 valence electrons. The Morgan fingerprint density at radius 2 is 1.86 bits per heavy atom. The van der Waals surface area contributed by atoms with Gasteiger partial charge in [-0.25, -0.2) is 0 Å². The molecule has 0 saturated carbocycles. The number of fused-ring (bicyclic) bond motifs is 3. The van der Waals surface area contributed by atoms with Gasteiger partial charge in [-0.3, -0.25) is 9.59 Å². The second kappa shape index (κ2) is 8.46. The largest absolute Gasteiger partial charge is 0.466 e. The van der Waals surface area contributed by atoms with Gasteiger partial charge < -0.3 is 9.30 Å². The summed E-state index contributed by atoms with van der Waals surface area (Å²) in [6.07, 6.45) is 4.37. The molecule has 0 fully saturated rings. The molecule has 2 aromatic rings. The third-order valence-electron chi connectivity index (χ3n) is 5.34. The molecule has 1 heterocycles. The Morgan fingerprint density at radius 1 is 1.14 bits per heavy atom. The number of carbonyl (C=O) groups excluding carboxylic acids is 2. The Kier molecular flexibility index (Phi) is 6.41. The number of esters is 1. The van der Waals surface area contributed by atoms with Crippen LogP contribution in [0.3, 0.4) is 0 Å². The molecule has 0 radical (unpaired) electrons. The number of carbonyl (C=O) groups is 2. The van der Waals surface area contributed by atoms with Crippen LogP contribution in [-0.4, -0.2) is 22.9 Å². The maximum atomic E-state index is 12.9. The number of nitrogens with zero attached hydrogens (tertiary/aromatic N) is 1. The second-order valence-corrected chi connectivity index (χ2v) is 9.10. The number of hydrogen-bond donors (Lipinski definition) is 0. The van der Waals surface area contributed by atoms with Crippen LogP contribution in [0.1, 0.15) is 68.9 Å². The van der Waals surface area contributed by atoms with E-state index in [1.807, 2.05) is 6.92 Å². The van der Waals surface area contributed by atoms with Crippen molar-refractivity contribution < 1.29 is 14.3 Å². The highest BCUT2D eigenvalue weighted by Crippen LogP contribution is 2.44. The van der Waals surface area contributed by atoms with E-state index in [2.05, 4.69) is 18.4 Å². The molecule has 1 aromatic carbocycles. The van der Waals surface area contributed by atoms with Gasteiger partial charge in [0.25, 0.3) is 0 Å². The second-order valence-electron chi connectivity index (χ2n) is 8.28. The molecule has 0 N–H and O–H groups in total. The van der Waals surface area contributed by atoms with Gasteiger partial charge in [-0.05, 0) is 43.7 Å². The molecule has 0 aliphatic heterocycles. The molecule has 1 aliphatic carbocycles. The third-order valence-corrected chi connectivity index (χ3v) is 5.96. The Balaban J connectivity index is 1.88. The van der Waals surface area contributed by atoms with Gasteiger partial charge in [-0.15, -0.1) is 0 Å². The van der Waals surface area contributed by atoms with Crippen LogP contribution in [0.5, 0.6) is 0 Å². The Hall–Kier alpha value is -1.52. The molecule has 0 bridgehead atoms. The Morgan fingerprint density at radius 3 is 2.57 bits per heavy atom. The summed E-state index contributed by atoms with van der Waals surface area (Å²) in [5.74, 6) is -0.00468. The van der Waals surface area contributed by atoms with Crippen molar-refractivity contribution in [1.29, 1.82) is 0 Å². The molecule has 1 aliphatic rings. The number of ether oxygens (including phenoxy) is 1. The predicted molar refractivity (Wildman–Crippen MR) is 113 cm³/mol. The first-order valence-corrected chi connectivity index (χ1v) is 10.7. The van der Waals surface area contributed by atoms with Crippen molar-refractivity contribution in [1.82, 2.24) is 4.57 Å². The number of aromatic nitrogens is 1. The zero-order chi connectivity index (χ0) is 20.5. The summed E-state index contributed by atoms with van der Waals surface area (Å²) in [5.41, 5.74) is 2.56. The van der Waals surface area contributed by atoms with Gasteiger partial charge in [0.15, 0.2) is 5.78 Å². The number of unbranched alkanes of at least 4 members (excludes halogenated alkanes) is 2. The first-order chi connectivity index (χ1) is 13.2. The lowest BCUT2D eigenvalue weighted by Crippen LogP contribution is -2.28. The average molecular weight is 424 g/mol. The maximum Gasteiger partial charge on any atom is 0.305 e. The molecular weight excluding hydrogens is 397 g/mol. The molecule has 1 aromatic heterocycles. The highest BCUT2D eigenvalue weighted by Gasteiger charge is 2.36. The monoisotopic (exact) mass is 423 g/mol. The normalized spacial score (nSPS) is 15.7. The summed E-state index contributed by atoms with van der Waals surface area (Å²) in [6, 6.07) is 3.56. The molecule has 0 unspecified atom stereocenters. The van der Waals surface area contributed by atoms with Crippen molar-refractivity contribution in [2.75, 3.05) is 6.61 Å². The van der Waals surface area contributed by atoms with Crippen molar-refractivity contribution in [3.05, 3.63) is 33.4 Å². The molecule has 0 saturated heterocycles. The quantitative estimate of drug-likeness (QED) is 0.391. The molecule has 3 rings (SSSR count). The van der Waals surface area contributed by atoms with Crippen LogP contribution < -0.4 is 0 Å². The van der Waals surface area contributed by atoms with E-state index in [4.69, 9.17) is 27.9 Å². The van der Waals surface area contributed by atoms with Gasteiger partial charge in [0.05, 0.1) is 22.2 Å². The minimum absolute atomic E-state index is 0.0843. The van der Waals surface area contributed by atoms with Crippen LogP contribution in [0.2, 0.25) is 10.0 Å². The van der Waals surface area contributed by atoms with Gasteiger partial charge >= 0.3 is 5.97 Å². The van der Waals surface area contributed by atoms with Gasteiger partial charge in [0, 0.05) is 36.0 Å². The zero-order valence-electron chi connectivity index (χ0n) is 16.7. The lowest BCUT2D eigenvalue weighted by atomic mass is 9.75. The minimum Gasteiger partial charge on any atom is -0.466 e. The topological polar surface area (TPSA) is 48.3 Å². The number of rotatable bonds is 7. The molecule has 0 atom stereocenters. The smallest absolute Gasteiger partial charge is 0.305 e. The van der Waals surface area contributed by atoms with E-state index in [0.29, 0.717) is 29.5 Å². The maximum absolute atomic E-state index is 12.9. The van der Waals surface area contributed by atoms with Crippen molar-refractivity contribution in [3.8, 4) is 0 Å². The van der Waals surface area contributed by atoms with E-state index < -0.39 is 0 Å². The van der Waals surface area contributed by atoms with Crippen LogP contribution in [0.15, 0.2) is 12.1 Å². The minimum atomic E-state index is -0.145. The standard InChI is InChI=1S/C22H27Cl2NO3/c1-4-28-18(27)8-6-5-7-11-25-16-12-22(2,3)13-17(26)20(16)19-14(23)9-10-15(24)21(19)25/h9-10H,4-8,11-13H2,1-3H3. The molecule has 28 heavy (non-hydrogen) atoms. The van der Waals surface area contributed by atoms with E-state index in [-0.39, 0.29) is 17.2 Å². The fourth-order valence-electron chi connectivity index (χ4n) is 4.18. The SMILES string of the molecule is CCOC(=O)CCCCCn1c2c(c3c(Cl)ccc(Cl)c31)C(=O)CC(C)(C)C2. The number of Topliss-reactive ketones (excluding diaryl/α,β-unsaturated/α-hetero) is 1. The molecule has 6 heteroatoms.